The van der Waals surface area contributed by atoms with Crippen LogP contribution in [0.25, 0.3) is 11.2 Å². The lowest BCUT2D eigenvalue weighted by atomic mass is 9.99. The van der Waals surface area contributed by atoms with Crippen LogP contribution >= 0.6 is 0 Å². The summed E-state index contributed by atoms with van der Waals surface area (Å²) in [5, 5.41) is 7.98. The first kappa shape index (κ1) is 19.4. The fourth-order valence-electron chi connectivity index (χ4n) is 4.04. The van der Waals surface area contributed by atoms with Crippen molar-refractivity contribution >= 4 is 11.2 Å². The van der Waals surface area contributed by atoms with Crippen LogP contribution in [0.15, 0.2) is 20.7 Å². The number of hydrogen-bond donors (Lipinski definition) is 1. The lowest BCUT2D eigenvalue weighted by Crippen LogP contribution is -2.37. The lowest BCUT2D eigenvalue weighted by molar-refractivity contribution is 0.430. The van der Waals surface area contributed by atoms with E-state index in [1.807, 2.05) is 6.92 Å². The van der Waals surface area contributed by atoms with Gasteiger partial charge in [-0.15, -0.1) is 0 Å². The van der Waals surface area contributed by atoms with Crippen LogP contribution in [0.3, 0.4) is 0 Å². The van der Waals surface area contributed by atoms with Crippen LogP contribution in [0.4, 0.5) is 0 Å². The molecule has 0 amide bonds. The molecule has 156 valence electrons. The number of piperidine rings is 1. The number of hydrogen-bond acceptors (Lipinski definition) is 6. The summed E-state index contributed by atoms with van der Waals surface area (Å²) in [7, 11) is 3.03. The number of rotatable bonds is 5. The second-order valence-corrected chi connectivity index (χ2v) is 7.47. The highest BCUT2D eigenvalue weighted by atomic mass is 16.2. The fraction of sp³-hybridized carbons (Fsp3) is 0.611. The monoisotopic (exact) mass is 402 g/mol. The molecular formula is C18H26N8O3. The largest absolute Gasteiger partial charge is 0.345 e. The molecule has 3 aromatic heterocycles. The van der Waals surface area contributed by atoms with Gasteiger partial charge in [0.1, 0.15) is 5.82 Å². The predicted octanol–water partition coefficient (Wildman–Crippen LogP) is -1.02. The van der Waals surface area contributed by atoms with Crippen molar-refractivity contribution in [3.63, 3.8) is 0 Å². The van der Waals surface area contributed by atoms with Gasteiger partial charge < -0.3 is 9.88 Å². The van der Waals surface area contributed by atoms with Gasteiger partial charge in [-0.1, -0.05) is 0 Å². The average molecular weight is 402 g/mol. The van der Waals surface area contributed by atoms with Crippen LogP contribution in [0.2, 0.25) is 0 Å². The Balaban J connectivity index is 1.66. The van der Waals surface area contributed by atoms with Crippen molar-refractivity contribution < 1.29 is 0 Å². The van der Waals surface area contributed by atoms with E-state index < -0.39 is 11.2 Å². The first-order valence-corrected chi connectivity index (χ1v) is 9.93. The number of nitrogens with one attached hydrogen (secondary N) is 1. The number of imidazole rings is 1. The molecule has 1 fully saturated rings. The third-order valence-corrected chi connectivity index (χ3v) is 5.70. The van der Waals surface area contributed by atoms with Crippen molar-refractivity contribution in [2.24, 2.45) is 14.1 Å². The molecule has 11 heteroatoms. The molecule has 1 N–H and O–H groups in total. The topological polar surface area (TPSA) is 114 Å². The minimum absolute atomic E-state index is 0.141. The van der Waals surface area contributed by atoms with E-state index in [-0.39, 0.29) is 11.6 Å². The van der Waals surface area contributed by atoms with E-state index in [1.54, 1.807) is 16.2 Å². The Morgan fingerprint density at radius 3 is 2.62 bits per heavy atom. The highest BCUT2D eigenvalue weighted by Gasteiger charge is 2.23. The molecule has 3 aromatic rings. The van der Waals surface area contributed by atoms with Crippen LogP contribution in [-0.4, -0.2) is 46.1 Å². The summed E-state index contributed by atoms with van der Waals surface area (Å²) in [4.78, 5) is 41.7. The minimum Gasteiger partial charge on any atom is -0.323 e. The van der Waals surface area contributed by atoms with E-state index in [4.69, 9.17) is 0 Å². The molecule has 4 heterocycles. The maximum atomic E-state index is 12.8. The summed E-state index contributed by atoms with van der Waals surface area (Å²) in [5.41, 5.74) is -0.289. The number of aromatic nitrogens is 7. The fourth-order valence-corrected chi connectivity index (χ4v) is 4.04. The molecule has 11 nitrogen and oxygen atoms in total. The van der Waals surface area contributed by atoms with Gasteiger partial charge in [-0.05, 0) is 26.3 Å². The van der Waals surface area contributed by atoms with Gasteiger partial charge in [0.2, 0.25) is 0 Å². The molecule has 1 unspecified atom stereocenters. The van der Waals surface area contributed by atoms with Gasteiger partial charge in [-0.25, -0.2) is 19.3 Å². The van der Waals surface area contributed by atoms with Gasteiger partial charge in [0, 0.05) is 39.6 Å². The Bertz CT molecular complexity index is 1220. The zero-order chi connectivity index (χ0) is 20.7. The maximum Gasteiger partial charge on any atom is 0.345 e. The molecule has 1 aliphatic rings. The van der Waals surface area contributed by atoms with Crippen molar-refractivity contribution in [1.82, 2.24) is 38.3 Å². The van der Waals surface area contributed by atoms with E-state index in [9.17, 15) is 14.4 Å². The molecule has 1 aliphatic heterocycles. The third kappa shape index (κ3) is 3.15. The van der Waals surface area contributed by atoms with Crippen LogP contribution in [0.5, 0.6) is 0 Å². The molecule has 4 rings (SSSR count). The van der Waals surface area contributed by atoms with Crippen molar-refractivity contribution in [3.05, 3.63) is 43.5 Å². The third-order valence-electron chi connectivity index (χ3n) is 5.70. The first-order chi connectivity index (χ1) is 13.9. The minimum atomic E-state index is -0.420. The Morgan fingerprint density at radius 1 is 1.14 bits per heavy atom. The summed E-state index contributed by atoms with van der Waals surface area (Å²) < 4.78 is 7.28. The van der Waals surface area contributed by atoms with Gasteiger partial charge in [0.05, 0.1) is 12.9 Å². The number of fused-ring (bicyclic) bond motifs is 1. The average Bonchev–Trinajstić information content (AvgIpc) is 3.30. The summed E-state index contributed by atoms with van der Waals surface area (Å²) in [6.45, 7) is 5.01. The van der Waals surface area contributed by atoms with Crippen LogP contribution in [0.1, 0.15) is 31.5 Å². The first-order valence-electron chi connectivity index (χ1n) is 9.93. The standard InChI is InChI=1S/C18H26N8O3/c1-4-25-14(12-6-5-7-19-10-12)21-26(18(25)29)9-8-24-11-20-15-13(24)16(27)23(3)17(28)22(15)2/h11-12,19H,4-10H2,1-3H3. The van der Waals surface area contributed by atoms with Crippen molar-refractivity contribution in [2.45, 2.75) is 45.3 Å². The highest BCUT2D eigenvalue weighted by Crippen LogP contribution is 2.20. The van der Waals surface area contributed by atoms with Gasteiger partial charge in [-0.2, -0.15) is 5.10 Å². The molecule has 0 spiro atoms. The number of aryl methyl sites for hydroxylation is 3. The van der Waals surface area contributed by atoms with Gasteiger partial charge in [0.15, 0.2) is 11.2 Å². The normalized spacial score (nSPS) is 17.3. The Morgan fingerprint density at radius 2 is 1.93 bits per heavy atom. The predicted molar refractivity (Wildman–Crippen MR) is 107 cm³/mol. The second-order valence-electron chi connectivity index (χ2n) is 7.47. The van der Waals surface area contributed by atoms with Crippen molar-refractivity contribution in [3.8, 4) is 0 Å². The zero-order valence-electron chi connectivity index (χ0n) is 17.0. The van der Waals surface area contributed by atoms with Crippen LogP contribution in [0, 0.1) is 0 Å². The SMILES string of the molecule is CCn1c(C2CCCNC2)nn(CCn2cnc3c2c(=O)n(C)c(=O)n3C)c1=O. The van der Waals surface area contributed by atoms with Gasteiger partial charge in [-0.3, -0.25) is 18.5 Å². The summed E-state index contributed by atoms with van der Waals surface area (Å²) in [6.07, 6.45) is 3.61. The highest BCUT2D eigenvalue weighted by molar-refractivity contribution is 5.69. The molecule has 1 saturated heterocycles. The van der Waals surface area contributed by atoms with Gasteiger partial charge in [0.25, 0.3) is 5.56 Å². The van der Waals surface area contributed by atoms with Crippen molar-refractivity contribution in [2.75, 3.05) is 13.1 Å². The van der Waals surface area contributed by atoms with Crippen LogP contribution < -0.4 is 22.3 Å². The lowest BCUT2D eigenvalue weighted by Gasteiger charge is -2.21. The van der Waals surface area contributed by atoms with E-state index in [0.717, 1.165) is 36.3 Å². The Labute approximate surface area is 166 Å². The summed E-state index contributed by atoms with van der Waals surface area (Å²) >= 11 is 0. The van der Waals surface area contributed by atoms with E-state index in [2.05, 4.69) is 15.4 Å². The van der Waals surface area contributed by atoms with Crippen LogP contribution in [-0.2, 0) is 33.7 Å². The maximum absolute atomic E-state index is 12.8. The molecule has 1 atom stereocenters. The molecule has 29 heavy (non-hydrogen) atoms. The molecule has 0 aliphatic carbocycles. The van der Waals surface area contributed by atoms with Gasteiger partial charge >= 0.3 is 11.4 Å². The van der Waals surface area contributed by atoms with E-state index in [1.165, 1.54) is 22.6 Å². The molecule has 0 radical (unpaired) electrons. The molecule has 0 saturated carbocycles. The second kappa shape index (κ2) is 7.47. The van der Waals surface area contributed by atoms with E-state index >= 15 is 0 Å². The zero-order valence-corrected chi connectivity index (χ0v) is 17.0. The summed E-state index contributed by atoms with van der Waals surface area (Å²) in [6, 6.07) is 0. The molecule has 0 aromatic carbocycles. The van der Waals surface area contributed by atoms with E-state index in [0.29, 0.717) is 30.8 Å². The Hall–Kier alpha value is -2.95. The van der Waals surface area contributed by atoms with Crippen molar-refractivity contribution in [1.29, 1.82) is 0 Å². The summed E-state index contributed by atoms with van der Waals surface area (Å²) in [5.74, 6) is 1.05. The molecular weight excluding hydrogens is 376 g/mol. The quantitative estimate of drug-likeness (QED) is 0.584. The molecule has 0 bridgehead atoms. The number of nitrogens with zero attached hydrogens (tertiary/aromatic N) is 7. The Kier molecular flexibility index (Phi) is 4.99. The smallest absolute Gasteiger partial charge is 0.323 e.